The Labute approximate surface area is 175 Å². The van der Waals surface area contributed by atoms with E-state index in [-0.39, 0.29) is 5.56 Å². The summed E-state index contributed by atoms with van der Waals surface area (Å²) < 4.78 is 12.6. The minimum absolute atomic E-state index is 0.212. The van der Waals surface area contributed by atoms with Gasteiger partial charge >= 0.3 is 5.97 Å². The van der Waals surface area contributed by atoms with E-state index in [0.717, 1.165) is 24.2 Å². The fourth-order valence-electron chi connectivity index (χ4n) is 3.24. The molecule has 0 saturated carbocycles. The number of pyridine rings is 1. The number of aromatic carboxylic acids is 1. The molecular weight excluding hydrogens is 382 g/mol. The lowest BCUT2D eigenvalue weighted by Crippen LogP contribution is -2.27. The van der Waals surface area contributed by atoms with Gasteiger partial charge in [0.2, 0.25) is 0 Å². The number of rotatable bonds is 9. The van der Waals surface area contributed by atoms with Crippen LogP contribution in [0.3, 0.4) is 0 Å². The summed E-state index contributed by atoms with van der Waals surface area (Å²) in [5.41, 5.74) is 1.28. The molecule has 1 heterocycles. The number of hydrogen-bond acceptors (Lipinski definition) is 4. The topological polar surface area (TPSA) is 77.8 Å². The SMILES string of the molecule is CCCCn1ccc(-c2ccc(OCc3ccccc3OC)cc2)c(C(=O)O)c1=O. The van der Waals surface area contributed by atoms with Gasteiger partial charge in [0.25, 0.3) is 5.56 Å². The molecule has 0 aliphatic heterocycles. The molecule has 0 amide bonds. The summed E-state index contributed by atoms with van der Waals surface area (Å²) >= 11 is 0. The molecule has 6 nitrogen and oxygen atoms in total. The molecule has 0 radical (unpaired) electrons. The molecule has 1 N–H and O–H groups in total. The fraction of sp³-hybridized carbons (Fsp3) is 0.250. The van der Waals surface area contributed by atoms with E-state index in [9.17, 15) is 14.7 Å². The third-order valence-electron chi connectivity index (χ3n) is 4.88. The number of benzene rings is 2. The number of para-hydroxylation sites is 1. The summed E-state index contributed by atoms with van der Waals surface area (Å²) in [7, 11) is 1.61. The number of unbranched alkanes of at least 4 members (excludes halogenated alkanes) is 1. The zero-order chi connectivity index (χ0) is 21.5. The molecule has 0 saturated heterocycles. The second kappa shape index (κ2) is 9.78. The van der Waals surface area contributed by atoms with Crippen molar-refractivity contribution in [1.82, 2.24) is 4.57 Å². The highest BCUT2D eigenvalue weighted by molar-refractivity contribution is 5.95. The molecule has 2 aromatic carbocycles. The van der Waals surface area contributed by atoms with Gasteiger partial charge in [-0.3, -0.25) is 4.79 Å². The molecule has 0 atom stereocenters. The van der Waals surface area contributed by atoms with Crippen molar-refractivity contribution in [3.63, 3.8) is 0 Å². The van der Waals surface area contributed by atoms with Crippen LogP contribution in [-0.4, -0.2) is 22.8 Å². The average Bonchev–Trinajstić information content (AvgIpc) is 2.77. The van der Waals surface area contributed by atoms with Gasteiger partial charge in [0, 0.05) is 23.9 Å². The minimum Gasteiger partial charge on any atom is -0.496 e. The van der Waals surface area contributed by atoms with Crippen LogP contribution in [0.1, 0.15) is 35.7 Å². The van der Waals surface area contributed by atoms with Gasteiger partial charge in [0.1, 0.15) is 23.7 Å². The van der Waals surface area contributed by atoms with Crippen LogP contribution in [0.4, 0.5) is 0 Å². The van der Waals surface area contributed by atoms with Gasteiger partial charge in [-0.25, -0.2) is 4.79 Å². The number of hydrogen-bond donors (Lipinski definition) is 1. The molecule has 30 heavy (non-hydrogen) atoms. The molecule has 3 rings (SSSR count). The predicted octanol–water partition coefficient (Wildman–Crippen LogP) is 4.60. The lowest BCUT2D eigenvalue weighted by atomic mass is 10.0. The van der Waals surface area contributed by atoms with Crippen LogP contribution >= 0.6 is 0 Å². The van der Waals surface area contributed by atoms with E-state index in [1.165, 1.54) is 4.57 Å². The van der Waals surface area contributed by atoms with E-state index < -0.39 is 11.5 Å². The maximum Gasteiger partial charge on any atom is 0.341 e. The highest BCUT2D eigenvalue weighted by Crippen LogP contribution is 2.26. The third-order valence-corrected chi connectivity index (χ3v) is 4.88. The summed E-state index contributed by atoms with van der Waals surface area (Å²) in [6, 6.07) is 16.3. The normalized spacial score (nSPS) is 10.6. The monoisotopic (exact) mass is 407 g/mol. The van der Waals surface area contributed by atoms with Crippen LogP contribution in [0.2, 0.25) is 0 Å². The lowest BCUT2D eigenvalue weighted by Gasteiger charge is -2.12. The molecule has 0 fully saturated rings. The standard InChI is InChI=1S/C24H25NO5/c1-3-4-14-25-15-13-20(22(23(25)26)24(27)28)17-9-11-19(12-10-17)30-16-18-7-5-6-8-21(18)29-2/h5-13,15H,3-4,14,16H2,1-2H3,(H,27,28). The number of carboxylic acid groups (broad SMARTS) is 1. The van der Waals surface area contributed by atoms with Crippen molar-refractivity contribution >= 4 is 5.97 Å². The van der Waals surface area contributed by atoms with E-state index in [0.29, 0.717) is 30.0 Å². The van der Waals surface area contributed by atoms with E-state index in [1.54, 1.807) is 43.6 Å². The van der Waals surface area contributed by atoms with E-state index in [4.69, 9.17) is 9.47 Å². The molecule has 1 aromatic heterocycles. The largest absolute Gasteiger partial charge is 0.496 e. The van der Waals surface area contributed by atoms with E-state index >= 15 is 0 Å². The van der Waals surface area contributed by atoms with Crippen molar-refractivity contribution < 1.29 is 19.4 Å². The van der Waals surface area contributed by atoms with Gasteiger partial charge in [0.05, 0.1) is 7.11 Å². The Morgan fingerprint density at radius 3 is 2.47 bits per heavy atom. The van der Waals surface area contributed by atoms with Crippen LogP contribution < -0.4 is 15.0 Å². The zero-order valence-corrected chi connectivity index (χ0v) is 17.1. The number of aromatic nitrogens is 1. The number of carboxylic acids is 1. The maximum absolute atomic E-state index is 12.6. The van der Waals surface area contributed by atoms with Crippen molar-refractivity contribution in [2.24, 2.45) is 0 Å². The molecule has 0 bridgehead atoms. The lowest BCUT2D eigenvalue weighted by molar-refractivity contribution is 0.0695. The minimum atomic E-state index is -1.22. The summed E-state index contributed by atoms with van der Waals surface area (Å²) in [6.45, 7) is 2.87. The predicted molar refractivity (Wildman–Crippen MR) is 115 cm³/mol. The van der Waals surface area contributed by atoms with Gasteiger partial charge in [-0.1, -0.05) is 43.7 Å². The zero-order valence-electron chi connectivity index (χ0n) is 17.1. The summed E-state index contributed by atoms with van der Waals surface area (Å²) in [5, 5.41) is 9.62. The molecule has 156 valence electrons. The number of aryl methyl sites for hydroxylation is 1. The second-order valence-electron chi connectivity index (χ2n) is 6.89. The number of methoxy groups -OCH3 is 1. The van der Waals surface area contributed by atoms with Crippen LogP contribution in [0.15, 0.2) is 65.6 Å². The van der Waals surface area contributed by atoms with Crippen LogP contribution in [0, 0.1) is 0 Å². The van der Waals surface area contributed by atoms with Crippen molar-refractivity contribution in [1.29, 1.82) is 0 Å². The van der Waals surface area contributed by atoms with Gasteiger partial charge in [-0.2, -0.15) is 0 Å². The van der Waals surface area contributed by atoms with Crippen LogP contribution in [-0.2, 0) is 13.2 Å². The summed E-state index contributed by atoms with van der Waals surface area (Å²) in [5.74, 6) is 0.166. The number of nitrogens with zero attached hydrogens (tertiary/aromatic N) is 1. The molecular formula is C24H25NO5. The smallest absolute Gasteiger partial charge is 0.341 e. The van der Waals surface area contributed by atoms with Crippen molar-refractivity contribution in [2.45, 2.75) is 32.9 Å². The Morgan fingerprint density at radius 2 is 1.80 bits per heavy atom. The van der Waals surface area contributed by atoms with Crippen LogP contribution in [0.25, 0.3) is 11.1 Å². The first-order valence-electron chi connectivity index (χ1n) is 9.87. The highest BCUT2D eigenvalue weighted by Gasteiger charge is 2.18. The Morgan fingerprint density at radius 1 is 1.07 bits per heavy atom. The summed E-state index contributed by atoms with van der Waals surface area (Å²) in [4.78, 5) is 24.4. The molecule has 3 aromatic rings. The van der Waals surface area contributed by atoms with E-state index in [2.05, 4.69) is 0 Å². The molecule has 6 heteroatoms. The van der Waals surface area contributed by atoms with Crippen LogP contribution in [0.5, 0.6) is 11.5 Å². The second-order valence-corrected chi connectivity index (χ2v) is 6.89. The van der Waals surface area contributed by atoms with Crippen molar-refractivity contribution in [2.75, 3.05) is 7.11 Å². The number of carbonyl (C=O) groups is 1. The first-order chi connectivity index (χ1) is 14.5. The molecule has 0 aliphatic rings. The third kappa shape index (κ3) is 4.71. The number of ether oxygens (including phenoxy) is 2. The first-order valence-corrected chi connectivity index (χ1v) is 9.87. The molecule has 0 aliphatic carbocycles. The van der Waals surface area contributed by atoms with Gasteiger partial charge in [-0.15, -0.1) is 0 Å². The van der Waals surface area contributed by atoms with Crippen molar-refractivity contribution in [3.8, 4) is 22.6 Å². The Hall–Kier alpha value is -3.54. The Bertz CT molecular complexity index is 1070. The Kier molecular flexibility index (Phi) is 6.91. The summed E-state index contributed by atoms with van der Waals surface area (Å²) in [6.07, 6.45) is 3.40. The molecule has 0 unspecified atom stereocenters. The van der Waals surface area contributed by atoms with Crippen molar-refractivity contribution in [3.05, 3.63) is 82.3 Å². The first kappa shape index (κ1) is 21.2. The molecule has 0 spiro atoms. The fourth-order valence-corrected chi connectivity index (χ4v) is 3.24. The maximum atomic E-state index is 12.6. The highest BCUT2D eigenvalue weighted by atomic mass is 16.5. The van der Waals surface area contributed by atoms with Gasteiger partial charge in [-0.05, 0) is 36.2 Å². The average molecular weight is 407 g/mol. The van der Waals surface area contributed by atoms with Gasteiger partial charge in [0.15, 0.2) is 0 Å². The van der Waals surface area contributed by atoms with E-state index in [1.807, 2.05) is 31.2 Å². The quantitative estimate of drug-likeness (QED) is 0.561. The Balaban J connectivity index is 1.83. The van der Waals surface area contributed by atoms with Gasteiger partial charge < -0.3 is 19.1 Å².